The van der Waals surface area contributed by atoms with Crippen LogP contribution in [0.4, 0.5) is 4.39 Å². The summed E-state index contributed by atoms with van der Waals surface area (Å²) in [6.45, 7) is 2.05. The van der Waals surface area contributed by atoms with Gasteiger partial charge >= 0.3 is 0 Å². The summed E-state index contributed by atoms with van der Waals surface area (Å²) in [5.41, 5.74) is 0.609. The largest absolute Gasteiger partial charge is 0.380 e. The molecule has 0 amide bonds. The van der Waals surface area contributed by atoms with Crippen LogP contribution in [0.25, 0.3) is 0 Å². The molecule has 0 bridgehead atoms. The van der Waals surface area contributed by atoms with Gasteiger partial charge in [0.2, 0.25) is 0 Å². The van der Waals surface area contributed by atoms with E-state index in [0.717, 1.165) is 19.4 Å². The zero-order valence-electron chi connectivity index (χ0n) is 9.01. The first-order chi connectivity index (χ1) is 7.75. The minimum absolute atomic E-state index is 0.214. The lowest BCUT2D eigenvalue weighted by molar-refractivity contribution is 0.0698. The highest BCUT2D eigenvalue weighted by Gasteiger charge is 2.13. The van der Waals surface area contributed by atoms with Crippen molar-refractivity contribution in [3.8, 4) is 0 Å². The topological polar surface area (TPSA) is 21.3 Å². The first-order valence-electron chi connectivity index (χ1n) is 5.51. The van der Waals surface area contributed by atoms with Crippen molar-refractivity contribution in [1.29, 1.82) is 0 Å². The summed E-state index contributed by atoms with van der Waals surface area (Å²) < 4.78 is 18.7. The van der Waals surface area contributed by atoms with Gasteiger partial charge in [0.25, 0.3) is 0 Å². The van der Waals surface area contributed by atoms with Gasteiger partial charge in [-0.3, -0.25) is 0 Å². The summed E-state index contributed by atoms with van der Waals surface area (Å²) in [4.78, 5) is 0. The molecule has 1 N–H and O–H groups in total. The molecule has 0 aromatic heterocycles. The van der Waals surface area contributed by atoms with Crippen molar-refractivity contribution in [2.75, 3.05) is 13.2 Å². The maximum atomic E-state index is 13.4. The van der Waals surface area contributed by atoms with Gasteiger partial charge in [0.1, 0.15) is 5.82 Å². The number of benzene rings is 1. The third-order valence-electron chi connectivity index (χ3n) is 2.75. The van der Waals surface area contributed by atoms with Gasteiger partial charge in [-0.25, -0.2) is 4.39 Å². The first-order valence-corrected chi connectivity index (χ1v) is 5.88. The molecule has 1 aromatic rings. The lowest BCUT2D eigenvalue weighted by Gasteiger charge is -2.23. The average Bonchev–Trinajstić information content (AvgIpc) is 2.32. The summed E-state index contributed by atoms with van der Waals surface area (Å²) >= 11 is 5.82. The van der Waals surface area contributed by atoms with E-state index in [1.54, 1.807) is 12.1 Å². The van der Waals surface area contributed by atoms with Gasteiger partial charge in [0, 0.05) is 29.8 Å². The Morgan fingerprint density at radius 1 is 1.50 bits per heavy atom. The van der Waals surface area contributed by atoms with Crippen LogP contribution in [-0.2, 0) is 11.3 Å². The second-order valence-corrected chi connectivity index (χ2v) is 4.47. The molecule has 1 aliphatic rings. The van der Waals surface area contributed by atoms with E-state index in [9.17, 15) is 4.39 Å². The van der Waals surface area contributed by atoms with Gasteiger partial charge in [0.05, 0.1) is 6.61 Å². The molecule has 0 radical (unpaired) electrons. The normalized spacial score (nSPS) is 21.0. The quantitative estimate of drug-likeness (QED) is 0.882. The Kier molecular flexibility index (Phi) is 4.16. The lowest BCUT2D eigenvalue weighted by Crippen LogP contribution is -2.36. The van der Waals surface area contributed by atoms with Crippen LogP contribution < -0.4 is 5.32 Å². The van der Waals surface area contributed by atoms with Crippen molar-refractivity contribution in [2.45, 2.75) is 25.4 Å². The summed E-state index contributed by atoms with van der Waals surface area (Å²) in [6.07, 6.45) is 2.15. The van der Waals surface area contributed by atoms with E-state index in [0.29, 0.717) is 29.8 Å². The highest BCUT2D eigenvalue weighted by molar-refractivity contribution is 6.30. The maximum Gasteiger partial charge on any atom is 0.127 e. The van der Waals surface area contributed by atoms with Crippen LogP contribution in [0.5, 0.6) is 0 Å². The Balaban J connectivity index is 1.90. The Hall–Kier alpha value is -0.640. The standard InChI is InChI=1S/C12H15ClFNO/c13-10-3-4-12(14)9(6-10)7-15-11-2-1-5-16-8-11/h3-4,6,11,15H,1-2,5,7-8H2. The fourth-order valence-corrected chi connectivity index (χ4v) is 2.03. The minimum Gasteiger partial charge on any atom is -0.380 e. The smallest absolute Gasteiger partial charge is 0.127 e. The molecule has 2 rings (SSSR count). The molecule has 0 spiro atoms. The number of hydrogen-bond acceptors (Lipinski definition) is 2. The lowest BCUT2D eigenvalue weighted by atomic mass is 10.1. The zero-order valence-corrected chi connectivity index (χ0v) is 9.77. The molecule has 2 nitrogen and oxygen atoms in total. The number of hydrogen-bond donors (Lipinski definition) is 1. The average molecular weight is 244 g/mol. The third kappa shape index (κ3) is 3.17. The summed E-state index contributed by atoms with van der Waals surface area (Å²) in [7, 11) is 0. The SMILES string of the molecule is Fc1ccc(Cl)cc1CNC1CCCOC1. The highest BCUT2D eigenvalue weighted by atomic mass is 35.5. The first kappa shape index (κ1) is 11.8. The van der Waals surface area contributed by atoms with E-state index < -0.39 is 0 Å². The Morgan fingerprint density at radius 3 is 3.12 bits per heavy atom. The summed E-state index contributed by atoms with van der Waals surface area (Å²) in [5.74, 6) is -0.214. The molecule has 1 atom stereocenters. The van der Waals surface area contributed by atoms with E-state index in [1.807, 2.05) is 0 Å². The number of rotatable bonds is 3. The van der Waals surface area contributed by atoms with Crippen molar-refractivity contribution in [1.82, 2.24) is 5.32 Å². The molecular formula is C12H15ClFNO. The van der Waals surface area contributed by atoms with Gasteiger partial charge < -0.3 is 10.1 Å². The van der Waals surface area contributed by atoms with Crippen molar-refractivity contribution in [3.05, 3.63) is 34.6 Å². The minimum atomic E-state index is -0.214. The van der Waals surface area contributed by atoms with Crippen LogP contribution in [0.3, 0.4) is 0 Å². The van der Waals surface area contributed by atoms with Gasteiger partial charge in [-0.2, -0.15) is 0 Å². The van der Waals surface area contributed by atoms with Crippen molar-refractivity contribution in [3.63, 3.8) is 0 Å². The fraction of sp³-hybridized carbons (Fsp3) is 0.500. The molecule has 1 aromatic carbocycles. The molecule has 16 heavy (non-hydrogen) atoms. The van der Waals surface area contributed by atoms with Gasteiger partial charge in [0.15, 0.2) is 0 Å². The molecule has 1 saturated heterocycles. The zero-order chi connectivity index (χ0) is 11.4. The summed E-state index contributed by atoms with van der Waals surface area (Å²) in [6, 6.07) is 4.95. The van der Waals surface area contributed by atoms with Crippen molar-refractivity contribution < 1.29 is 9.13 Å². The van der Waals surface area contributed by atoms with E-state index in [4.69, 9.17) is 16.3 Å². The molecule has 1 heterocycles. The van der Waals surface area contributed by atoms with Gasteiger partial charge in [-0.1, -0.05) is 11.6 Å². The fourth-order valence-electron chi connectivity index (χ4n) is 1.83. The molecule has 1 aliphatic heterocycles. The van der Waals surface area contributed by atoms with Crippen LogP contribution in [0.2, 0.25) is 5.02 Å². The third-order valence-corrected chi connectivity index (χ3v) is 2.98. The highest BCUT2D eigenvalue weighted by Crippen LogP contribution is 2.15. The second-order valence-electron chi connectivity index (χ2n) is 4.03. The second kappa shape index (κ2) is 5.62. The van der Waals surface area contributed by atoms with Crippen LogP contribution in [0, 0.1) is 5.82 Å². The molecular weight excluding hydrogens is 229 g/mol. The Morgan fingerprint density at radius 2 is 2.38 bits per heavy atom. The van der Waals surface area contributed by atoms with Crippen LogP contribution in [0.1, 0.15) is 18.4 Å². The molecule has 0 aliphatic carbocycles. The molecule has 4 heteroatoms. The molecule has 0 saturated carbocycles. The summed E-state index contributed by atoms with van der Waals surface area (Å²) in [5, 5.41) is 3.85. The van der Waals surface area contributed by atoms with E-state index in [2.05, 4.69) is 5.32 Å². The van der Waals surface area contributed by atoms with Crippen molar-refractivity contribution in [2.24, 2.45) is 0 Å². The number of halogens is 2. The van der Waals surface area contributed by atoms with Crippen molar-refractivity contribution >= 4 is 11.6 Å². The predicted molar refractivity (Wildman–Crippen MR) is 62.1 cm³/mol. The predicted octanol–water partition coefficient (Wildman–Crippen LogP) is 2.75. The number of ether oxygens (including phenoxy) is 1. The van der Waals surface area contributed by atoms with E-state index in [-0.39, 0.29) is 5.82 Å². The van der Waals surface area contributed by atoms with E-state index >= 15 is 0 Å². The number of nitrogens with one attached hydrogen (secondary N) is 1. The van der Waals surface area contributed by atoms with Gasteiger partial charge in [-0.15, -0.1) is 0 Å². The Bertz CT molecular complexity index is 353. The van der Waals surface area contributed by atoms with Gasteiger partial charge in [-0.05, 0) is 31.0 Å². The molecule has 1 fully saturated rings. The van der Waals surface area contributed by atoms with E-state index in [1.165, 1.54) is 6.07 Å². The van der Waals surface area contributed by atoms with Crippen LogP contribution in [-0.4, -0.2) is 19.3 Å². The monoisotopic (exact) mass is 243 g/mol. The Labute approximate surface area is 99.7 Å². The molecule has 88 valence electrons. The maximum absolute atomic E-state index is 13.4. The van der Waals surface area contributed by atoms with Crippen LogP contribution >= 0.6 is 11.6 Å². The molecule has 1 unspecified atom stereocenters. The van der Waals surface area contributed by atoms with Crippen LogP contribution in [0.15, 0.2) is 18.2 Å².